The maximum Gasteiger partial charge on any atom is 0.0689 e. The molecule has 0 bridgehead atoms. The fraction of sp³-hybridized carbons (Fsp3) is 0.962. The van der Waals surface area contributed by atoms with E-state index in [0.717, 1.165) is 17.8 Å². The van der Waals surface area contributed by atoms with Gasteiger partial charge >= 0.3 is 0 Å². The summed E-state index contributed by atoms with van der Waals surface area (Å²) >= 11 is 0. The first kappa shape index (κ1) is 22.8. The minimum Gasteiger partial charge on any atom is -0.198 e. The summed E-state index contributed by atoms with van der Waals surface area (Å²) in [6.45, 7) is 4.62. The highest BCUT2D eigenvalue weighted by atomic mass is 14.4. The monoisotopic (exact) mass is 373 g/mol. The van der Waals surface area contributed by atoms with Crippen LogP contribution in [0.25, 0.3) is 0 Å². The molecule has 1 nitrogen and oxygen atoms in total. The first-order valence-electron chi connectivity index (χ1n) is 12.6. The summed E-state index contributed by atoms with van der Waals surface area (Å²) in [5.74, 6) is 2.94. The van der Waals surface area contributed by atoms with Gasteiger partial charge in [0.15, 0.2) is 0 Å². The van der Waals surface area contributed by atoms with Crippen molar-refractivity contribution in [3.05, 3.63) is 0 Å². The maximum atomic E-state index is 9.88. The zero-order valence-electron chi connectivity index (χ0n) is 18.6. The first-order valence-corrected chi connectivity index (χ1v) is 12.6. The van der Waals surface area contributed by atoms with Gasteiger partial charge in [0.25, 0.3) is 0 Å². The van der Waals surface area contributed by atoms with Gasteiger partial charge in [-0.15, -0.1) is 0 Å². The number of hydrogen-bond acceptors (Lipinski definition) is 1. The fourth-order valence-electron chi connectivity index (χ4n) is 6.04. The van der Waals surface area contributed by atoms with E-state index >= 15 is 0 Å². The molecule has 0 aromatic carbocycles. The second-order valence-electron chi connectivity index (χ2n) is 10.0. The van der Waals surface area contributed by atoms with E-state index in [0.29, 0.717) is 0 Å². The second kappa shape index (κ2) is 12.9. The predicted octanol–water partition coefficient (Wildman–Crippen LogP) is 8.82. The second-order valence-corrected chi connectivity index (χ2v) is 10.0. The Morgan fingerprint density at radius 2 is 1.26 bits per heavy atom. The number of nitrogens with zero attached hydrogens (tertiary/aromatic N) is 1. The van der Waals surface area contributed by atoms with Crippen LogP contribution in [0.1, 0.15) is 136 Å². The average Bonchev–Trinajstić information content (AvgIpc) is 2.71. The van der Waals surface area contributed by atoms with Crippen LogP contribution in [0.4, 0.5) is 0 Å². The van der Waals surface area contributed by atoms with Crippen LogP contribution in [0.2, 0.25) is 0 Å². The summed E-state index contributed by atoms with van der Waals surface area (Å²) in [5.41, 5.74) is 0.0398. The highest BCUT2D eigenvalue weighted by Gasteiger charge is 2.38. The Balaban J connectivity index is 1.61. The summed E-state index contributed by atoms with van der Waals surface area (Å²) < 4.78 is 0. The molecule has 1 heteroatoms. The largest absolute Gasteiger partial charge is 0.198 e. The predicted molar refractivity (Wildman–Crippen MR) is 118 cm³/mol. The van der Waals surface area contributed by atoms with Crippen molar-refractivity contribution >= 4 is 0 Å². The van der Waals surface area contributed by atoms with Crippen molar-refractivity contribution in [2.24, 2.45) is 23.2 Å². The van der Waals surface area contributed by atoms with Crippen LogP contribution >= 0.6 is 0 Å². The van der Waals surface area contributed by atoms with Gasteiger partial charge in [-0.05, 0) is 62.7 Å². The third-order valence-electron chi connectivity index (χ3n) is 7.99. The smallest absolute Gasteiger partial charge is 0.0689 e. The van der Waals surface area contributed by atoms with Crippen molar-refractivity contribution < 1.29 is 0 Å². The molecule has 2 aliphatic rings. The van der Waals surface area contributed by atoms with Crippen molar-refractivity contribution in [1.29, 1.82) is 5.26 Å². The van der Waals surface area contributed by atoms with E-state index in [4.69, 9.17) is 0 Å². The minimum atomic E-state index is 0.0398. The number of unbranched alkanes of at least 4 members (excludes halogenated alkanes) is 7. The number of rotatable bonds is 12. The summed E-state index contributed by atoms with van der Waals surface area (Å²) in [6.07, 6.45) is 26.0. The zero-order chi connectivity index (χ0) is 19.4. The summed E-state index contributed by atoms with van der Waals surface area (Å²) in [7, 11) is 0. The van der Waals surface area contributed by atoms with Crippen molar-refractivity contribution in [2.75, 3.05) is 0 Å². The molecule has 0 atom stereocenters. The Labute approximate surface area is 170 Å². The van der Waals surface area contributed by atoms with E-state index in [1.165, 1.54) is 122 Å². The van der Waals surface area contributed by atoms with E-state index in [1.807, 2.05) is 0 Å². The van der Waals surface area contributed by atoms with Gasteiger partial charge in [0.2, 0.25) is 0 Å². The molecule has 0 radical (unpaired) electrons. The Hall–Kier alpha value is -0.510. The SMILES string of the molecule is CCCCCCCCCCC1(C#N)CCC(C2CCC(CCC)CC2)CC1. The molecule has 2 fully saturated rings. The summed E-state index contributed by atoms with van der Waals surface area (Å²) in [4.78, 5) is 0. The lowest BCUT2D eigenvalue weighted by Gasteiger charge is -2.41. The highest BCUT2D eigenvalue weighted by molar-refractivity contribution is 5.02. The molecule has 0 aliphatic heterocycles. The van der Waals surface area contributed by atoms with Gasteiger partial charge in [0.05, 0.1) is 11.5 Å². The molecular formula is C26H47N. The van der Waals surface area contributed by atoms with E-state index in [2.05, 4.69) is 19.9 Å². The Morgan fingerprint density at radius 3 is 1.81 bits per heavy atom. The van der Waals surface area contributed by atoms with E-state index in [9.17, 15) is 5.26 Å². The molecule has 0 spiro atoms. The van der Waals surface area contributed by atoms with E-state index in [-0.39, 0.29) is 5.41 Å². The summed E-state index contributed by atoms with van der Waals surface area (Å²) in [6, 6.07) is 2.78. The average molecular weight is 374 g/mol. The molecule has 27 heavy (non-hydrogen) atoms. The van der Waals surface area contributed by atoms with Gasteiger partial charge in [-0.2, -0.15) is 5.26 Å². The van der Waals surface area contributed by atoms with Gasteiger partial charge < -0.3 is 0 Å². The minimum absolute atomic E-state index is 0.0398. The highest BCUT2D eigenvalue weighted by Crippen LogP contribution is 2.47. The quantitative estimate of drug-likeness (QED) is 0.313. The zero-order valence-corrected chi connectivity index (χ0v) is 18.6. The van der Waals surface area contributed by atoms with E-state index < -0.39 is 0 Å². The molecule has 2 aliphatic carbocycles. The molecule has 2 rings (SSSR count). The van der Waals surface area contributed by atoms with Gasteiger partial charge in [0, 0.05) is 0 Å². The Morgan fingerprint density at radius 1 is 0.704 bits per heavy atom. The molecule has 156 valence electrons. The molecular weight excluding hydrogens is 326 g/mol. The lowest BCUT2D eigenvalue weighted by atomic mass is 9.63. The Bertz CT molecular complexity index is 404. The van der Waals surface area contributed by atoms with Crippen LogP contribution in [0.3, 0.4) is 0 Å². The summed E-state index contributed by atoms with van der Waals surface area (Å²) in [5, 5.41) is 9.88. The van der Waals surface area contributed by atoms with E-state index in [1.54, 1.807) is 0 Å². The molecule has 0 saturated heterocycles. The third-order valence-corrected chi connectivity index (χ3v) is 7.99. The molecule has 0 N–H and O–H groups in total. The lowest BCUT2D eigenvalue weighted by Crippen LogP contribution is -2.31. The van der Waals surface area contributed by atoms with Gasteiger partial charge in [-0.1, -0.05) is 90.9 Å². The van der Waals surface area contributed by atoms with Gasteiger partial charge in [-0.25, -0.2) is 0 Å². The van der Waals surface area contributed by atoms with Crippen LogP contribution < -0.4 is 0 Å². The molecule has 2 saturated carbocycles. The molecule has 0 heterocycles. The van der Waals surface area contributed by atoms with Crippen molar-refractivity contribution in [2.45, 2.75) is 136 Å². The topological polar surface area (TPSA) is 23.8 Å². The van der Waals surface area contributed by atoms with Crippen LogP contribution in [-0.4, -0.2) is 0 Å². The van der Waals surface area contributed by atoms with Crippen molar-refractivity contribution in [3.63, 3.8) is 0 Å². The first-order chi connectivity index (χ1) is 13.2. The van der Waals surface area contributed by atoms with Crippen molar-refractivity contribution in [1.82, 2.24) is 0 Å². The van der Waals surface area contributed by atoms with Crippen molar-refractivity contribution in [3.8, 4) is 6.07 Å². The van der Waals surface area contributed by atoms with Crippen LogP contribution in [0.15, 0.2) is 0 Å². The fourth-order valence-corrected chi connectivity index (χ4v) is 6.04. The number of hydrogen-bond donors (Lipinski definition) is 0. The normalized spacial score (nSPS) is 31.5. The lowest BCUT2D eigenvalue weighted by molar-refractivity contribution is 0.115. The van der Waals surface area contributed by atoms with Crippen LogP contribution in [0.5, 0.6) is 0 Å². The van der Waals surface area contributed by atoms with Crippen LogP contribution in [0, 0.1) is 34.5 Å². The third kappa shape index (κ3) is 7.79. The molecule has 0 aromatic rings. The standard InChI is InChI=1S/C26H47N/c1-3-5-6-7-8-9-10-11-19-26(22-27)20-17-25(18-21-26)24-15-13-23(12-4-2)14-16-24/h23-25H,3-21H2,1-2H3. The van der Waals surface area contributed by atoms with Crippen LogP contribution in [-0.2, 0) is 0 Å². The molecule has 0 unspecified atom stereocenters. The maximum absolute atomic E-state index is 9.88. The molecule has 0 aromatic heterocycles. The van der Waals surface area contributed by atoms with Gasteiger partial charge in [-0.3, -0.25) is 0 Å². The molecule has 0 amide bonds. The Kier molecular flexibility index (Phi) is 10.8. The van der Waals surface area contributed by atoms with Gasteiger partial charge in [0.1, 0.15) is 0 Å². The number of nitriles is 1.